The van der Waals surface area contributed by atoms with Gasteiger partial charge in [-0.05, 0) is 19.1 Å². The third-order valence-corrected chi connectivity index (χ3v) is 5.41. The highest BCUT2D eigenvalue weighted by atomic mass is 35.5. The molecule has 3 N–H and O–H groups in total. The number of ether oxygens (including phenoxy) is 1. The second kappa shape index (κ2) is 10.4. The molecule has 0 fully saturated rings. The van der Waals surface area contributed by atoms with Gasteiger partial charge in [0.05, 0.1) is 62.9 Å². The van der Waals surface area contributed by atoms with Gasteiger partial charge in [-0.25, -0.2) is 9.37 Å². The third-order valence-electron chi connectivity index (χ3n) is 4.76. The molecule has 4 aromatic rings. The van der Waals surface area contributed by atoms with Crippen LogP contribution >= 0.6 is 23.2 Å². The summed E-state index contributed by atoms with van der Waals surface area (Å²) in [5.74, 6) is 3.51. The van der Waals surface area contributed by atoms with E-state index in [1.165, 1.54) is 41.8 Å². The topological polar surface area (TPSA) is 138 Å². The first-order valence-electron chi connectivity index (χ1n) is 9.98. The molecular weight excluding hydrogens is 512 g/mol. The summed E-state index contributed by atoms with van der Waals surface area (Å²) in [5, 5.41) is 10.2. The van der Waals surface area contributed by atoms with E-state index >= 15 is 4.39 Å². The number of anilines is 2. The van der Waals surface area contributed by atoms with Gasteiger partial charge < -0.3 is 15.8 Å². The van der Waals surface area contributed by atoms with E-state index in [2.05, 4.69) is 37.3 Å². The Kier molecular flexibility index (Phi) is 7.10. The first kappa shape index (κ1) is 24.6. The van der Waals surface area contributed by atoms with Gasteiger partial charge in [-0.3, -0.25) is 14.6 Å². The van der Waals surface area contributed by atoms with Crippen LogP contribution in [0.15, 0.2) is 43.1 Å². The standard InChI is InChI=1S/C23H14Cl2FN7O3/c1-2-3-12-8-28-10-17(27)18(12)19-16(26)7-14(20(25)21(19)36-11-34)23(35)32-13-6-15(24)22(29-9-13)33-30-4-5-31-33/h4-11H,27H2,1H3,(H,32,35). The molecule has 0 aliphatic heterocycles. The normalized spacial score (nSPS) is 10.3. The average molecular weight is 526 g/mol. The summed E-state index contributed by atoms with van der Waals surface area (Å²) in [6.45, 7) is 1.63. The molecule has 0 aliphatic carbocycles. The molecule has 1 aromatic carbocycles. The van der Waals surface area contributed by atoms with Crippen LogP contribution in [0, 0.1) is 17.7 Å². The summed E-state index contributed by atoms with van der Waals surface area (Å²) in [6, 6.07) is 2.30. The Labute approximate surface area is 213 Å². The minimum absolute atomic E-state index is 0.0557. The SMILES string of the molecule is CC#Cc1cncc(N)c1-c1c(F)cc(C(=O)Nc2cnc(-n3nccn3)c(Cl)c2)c(Cl)c1OC=O. The quantitative estimate of drug-likeness (QED) is 0.285. The monoisotopic (exact) mass is 525 g/mol. The van der Waals surface area contributed by atoms with Crippen LogP contribution in [0.5, 0.6) is 5.75 Å². The highest BCUT2D eigenvalue weighted by Gasteiger charge is 2.26. The summed E-state index contributed by atoms with van der Waals surface area (Å²) in [4.78, 5) is 33.5. The van der Waals surface area contributed by atoms with Gasteiger partial charge in [-0.1, -0.05) is 29.1 Å². The number of nitrogens with two attached hydrogens (primary N) is 1. The molecule has 0 atom stereocenters. The number of rotatable bonds is 6. The predicted molar refractivity (Wildman–Crippen MR) is 130 cm³/mol. The lowest BCUT2D eigenvalue weighted by molar-refractivity contribution is -0.120. The van der Waals surface area contributed by atoms with E-state index < -0.39 is 17.5 Å². The van der Waals surface area contributed by atoms with Crippen molar-refractivity contribution < 1.29 is 18.7 Å². The number of nitrogens with zero attached hydrogens (tertiary/aromatic N) is 5. The zero-order valence-corrected chi connectivity index (χ0v) is 19.8. The van der Waals surface area contributed by atoms with E-state index in [1.54, 1.807) is 6.92 Å². The minimum atomic E-state index is -0.935. The fourth-order valence-corrected chi connectivity index (χ4v) is 3.84. The van der Waals surface area contributed by atoms with Crippen LogP contribution in [0.4, 0.5) is 15.8 Å². The Bertz CT molecular complexity index is 1550. The number of aromatic nitrogens is 5. The Morgan fingerprint density at radius 3 is 2.61 bits per heavy atom. The van der Waals surface area contributed by atoms with E-state index in [0.29, 0.717) is 0 Å². The fourth-order valence-electron chi connectivity index (χ4n) is 3.31. The predicted octanol–water partition coefficient (Wildman–Crippen LogP) is 3.91. The maximum atomic E-state index is 15.5. The Hall–Kier alpha value is -4.53. The van der Waals surface area contributed by atoms with Gasteiger partial charge in [0.15, 0.2) is 11.6 Å². The molecular formula is C23H14Cl2FN7O3. The van der Waals surface area contributed by atoms with Crippen LogP contribution in [0.2, 0.25) is 10.0 Å². The van der Waals surface area contributed by atoms with Crippen molar-refractivity contribution in [2.45, 2.75) is 6.92 Å². The molecule has 3 heterocycles. The van der Waals surface area contributed by atoms with Crippen LogP contribution in [-0.4, -0.2) is 37.3 Å². The fraction of sp³-hybridized carbons (Fsp3) is 0.0435. The Morgan fingerprint density at radius 2 is 1.94 bits per heavy atom. The molecule has 0 aliphatic rings. The van der Waals surface area contributed by atoms with Gasteiger partial charge >= 0.3 is 0 Å². The van der Waals surface area contributed by atoms with Gasteiger partial charge in [0.25, 0.3) is 12.4 Å². The summed E-state index contributed by atoms with van der Waals surface area (Å²) in [7, 11) is 0. The van der Waals surface area contributed by atoms with Crippen LogP contribution in [0.1, 0.15) is 22.8 Å². The summed E-state index contributed by atoms with van der Waals surface area (Å²) in [6.07, 6.45) is 6.86. The lowest BCUT2D eigenvalue weighted by atomic mass is 9.96. The molecule has 180 valence electrons. The van der Waals surface area contributed by atoms with Crippen LogP contribution in [0.25, 0.3) is 16.9 Å². The van der Waals surface area contributed by atoms with Crippen molar-refractivity contribution in [1.29, 1.82) is 0 Å². The molecule has 3 aromatic heterocycles. The van der Waals surface area contributed by atoms with Crippen molar-refractivity contribution >= 4 is 47.0 Å². The van der Waals surface area contributed by atoms with Crippen molar-refractivity contribution in [3.05, 3.63) is 70.1 Å². The zero-order valence-electron chi connectivity index (χ0n) is 18.3. The van der Waals surface area contributed by atoms with Crippen molar-refractivity contribution in [2.75, 3.05) is 11.1 Å². The first-order chi connectivity index (χ1) is 17.3. The van der Waals surface area contributed by atoms with Crippen molar-refractivity contribution in [3.63, 3.8) is 0 Å². The number of halogens is 3. The number of benzene rings is 1. The summed E-state index contributed by atoms with van der Waals surface area (Å²) in [5.41, 5.74) is 6.09. The number of amides is 1. The maximum Gasteiger partial charge on any atom is 0.298 e. The Morgan fingerprint density at radius 1 is 1.19 bits per heavy atom. The van der Waals surface area contributed by atoms with E-state index in [1.807, 2.05) is 0 Å². The third kappa shape index (κ3) is 4.68. The van der Waals surface area contributed by atoms with E-state index in [0.717, 1.165) is 6.07 Å². The molecule has 0 bridgehead atoms. The number of hydrogen-bond acceptors (Lipinski definition) is 8. The van der Waals surface area contributed by atoms with Gasteiger partial charge in [-0.15, -0.1) is 10.7 Å². The number of nitrogens with one attached hydrogen (secondary N) is 1. The number of pyridine rings is 2. The largest absolute Gasteiger partial charge is 0.426 e. The molecule has 13 heteroatoms. The highest BCUT2D eigenvalue weighted by molar-refractivity contribution is 6.36. The van der Waals surface area contributed by atoms with Crippen LogP contribution in [0.3, 0.4) is 0 Å². The number of hydrogen-bond donors (Lipinski definition) is 2. The first-order valence-corrected chi connectivity index (χ1v) is 10.7. The van der Waals surface area contributed by atoms with Gasteiger partial charge in [-0.2, -0.15) is 10.2 Å². The number of nitrogen functional groups attached to an aromatic ring is 1. The molecule has 0 unspecified atom stereocenters. The van der Waals surface area contributed by atoms with Gasteiger partial charge in [0.1, 0.15) is 5.82 Å². The second-order valence-electron chi connectivity index (χ2n) is 6.97. The molecule has 0 saturated carbocycles. The molecule has 1 amide bonds. The summed E-state index contributed by atoms with van der Waals surface area (Å²) < 4.78 is 20.5. The van der Waals surface area contributed by atoms with Crippen molar-refractivity contribution in [1.82, 2.24) is 25.0 Å². The van der Waals surface area contributed by atoms with Crippen molar-refractivity contribution in [3.8, 4) is 34.5 Å². The molecule has 0 spiro atoms. The van der Waals surface area contributed by atoms with Gasteiger partial charge in [0.2, 0.25) is 0 Å². The zero-order chi connectivity index (χ0) is 25.8. The van der Waals surface area contributed by atoms with E-state index in [9.17, 15) is 9.59 Å². The summed E-state index contributed by atoms with van der Waals surface area (Å²) >= 11 is 12.6. The van der Waals surface area contributed by atoms with Gasteiger partial charge in [0, 0.05) is 11.8 Å². The minimum Gasteiger partial charge on any atom is -0.426 e. The van der Waals surface area contributed by atoms with E-state index in [4.69, 9.17) is 33.7 Å². The number of carbonyl (C=O) groups is 2. The Balaban J connectivity index is 1.76. The molecule has 0 saturated heterocycles. The maximum absolute atomic E-state index is 15.5. The molecule has 36 heavy (non-hydrogen) atoms. The highest BCUT2D eigenvalue weighted by Crippen LogP contribution is 2.44. The van der Waals surface area contributed by atoms with Crippen molar-refractivity contribution in [2.24, 2.45) is 0 Å². The van der Waals surface area contributed by atoms with E-state index in [-0.39, 0.29) is 56.0 Å². The lowest BCUT2D eigenvalue weighted by Gasteiger charge is -2.17. The van der Waals surface area contributed by atoms with Crippen LogP contribution in [-0.2, 0) is 4.79 Å². The second-order valence-corrected chi connectivity index (χ2v) is 7.75. The lowest BCUT2D eigenvalue weighted by Crippen LogP contribution is -2.15. The number of carbonyl (C=O) groups excluding carboxylic acids is 2. The average Bonchev–Trinajstić information content (AvgIpc) is 3.37. The molecule has 0 radical (unpaired) electrons. The molecule has 10 nitrogen and oxygen atoms in total. The molecule has 4 rings (SSSR count). The smallest absolute Gasteiger partial charge is 0.298 e. The van der Waals surface area contributed by atoms with Crippen LogP contribution < -0.4 is 15.8 Å².